The van der Waals surface area contributed by atoms with E-state index < -0.39 is 5.60 Å². The number of nitrogens with zero attached hydrogens (tertiary/aromatic N) is 1. The minimum Gasteiger partial charge on any atom is -0.393 e. The largest absolute Gasteiger partial charge is 0.393 e. The molecule has 2 aliphatic carbocycles. The lowest BCUT2D eigenvalue weighted by atomic mass is 9.86. The van der Waals surface area contributed by atoms with Crippen LogP contribution in [-0.4, -0.2) is 58.4 Å². The Morgan fingerprint density at radius 2 is 1.75 bits per heavy atom. The van der Waals surface area contributed by atoms with E-state index in [4.69, 9.17) is 0 Å². The van der Waals surface area contributed by atoms with Crippen molar-refractivity contribution >= 4 is 5.91 Å². The Balaban J connectivity index is 1.50. The Morgan fingerprint density at radius 3 is 2.46 bits per heavy atom. The fourth-order valence-electron chi connectivity index (χ4n) is 4.68. The summed E-state index contributed by atoms with van der Waals surface area (Å²) in [6.45, 7) is 1.98. The number of likely N-dealkylation sites (tertiary alicyclic amines) is 1. The maximum atomic E-state index is 12.8. The van der Waals surface area contributed by atoms with Crippen LogP contribution in [0.3, 0.4) is 0 Å². The topological polar surface area (TPSA) is 72.8 Å². The maximum Gasteiger partial charge on any atom is 0.255 e. The molecule has 0 bridgehead atoms. The molecule has 3 rings (SSSR count). The van der Waals surface area contributed by atoms with Crippen molar-refractivity contribution in [1.29, 1.82) is 0 Å². The Bertz CT molecular complexity index is 417. The van der Waals surface area contributed by atoms with Crippen LogP contribution in [0.2, 0.25) is 0 Å². The highest BCUT2D eigenvalue weighted by Crippen LogP contribution is 2.29. The third-order valence-corrected chi connectivity index (χ3v) is 6.29. The van der Waals surface area contributed by atoms with Crippen molar-refractivity contribution in [3.8, 4) is 0 Å². The van der Waals surface area contributed by atoms with Crippen molar-refractivity contribution in [2.24, 2.45) is 5.92 Å². The molecule has 3 fully saturated rings. The van der Waals surface area contributed by atoms with Gasteiger partial charge in [0.25, 0.3) is 5.91 Å². The zero-order valence-corrected chi connectivity index (χ0v) is 14.9. The highest BCUT2D eigenvalue weighted by Gasteiger charge is 2.42. The number of piperidine rings is 1. The molecule has 0 aromatic rings. The van der Waals surface area contributed by atoms with Crippen molar-refractivity contribution in [2.45, 2.75) is 88.4 Å². The van der Waals surface area contributed by atoms with Crippen molar-refractivity contribution in [3.63, 3.8) is 0 Å². The molecule has 1 amide bonds. The zero-order chi connectivity index (χ0) is 17.0. The van der Waals surface area contributed by atoms with Crippen LogP contribution in [0, 0.1) is 5.92 Å². The van der Waals surface area contributed by atoms with E-state index in [2.05, 4.69) is 5.32 Å². The molecule has 0 spiro atoms. The lowest BCUT2D eigenvalue weighted by Gasteiger charge is -2.41. The van der Waals surface area contributed by atoms with Crippen LogP contribution >= 0.6 is 0 Å². The van der Waals surface area contributed by atoms with Gasteiger partial charge >= 0.3 is 0 Å². The number of hydrogen-bond donors (Lipinski definition) is 3. The summed E-state index contributed by atoms with van der Waals surface area (Å²) in [5, 5.41) is 23.9. The van der Waals surface area contributed by atoms with Crippen LogP contribution in [0.5, 0.6) is 0 Å². The Labute approximate surface area is 145 Å². The van der Waals surface area contributed by atoms with E-state index >= 15 is 0 Å². The molecule has 1 heterocycles. The van der Waals surface area contributed by atoms with Crippen LogP contribution in [0.1, 0.15) is 70.6 Å². The van der Waals surface area contributed by atoms with E-state index in [1.54, 1.807) is 0 Å². The standard InChI is InChI=1S/C19H34N2O3/c22-17-9-7-16(8-10-17)20-14-19(24)11-4-12-21(18(19)23)13-15-5-2-1-3-6-15/h15-17,20,22,24H,1-14H2/t16?,17?,19-/m1/s1. The molecular formula is C19H34N2O3. The second-order valence-corrected chi connectivity index (χ2v) is 8.28. The summed E-state index contributed by atoms with van der Waals surface area (Å²) < 4.78 is 0. The van der Waals surface area contributed by atoms with Gasteiger partial charge in [-0.1, -0.05) is 19.3 Å². The first-order valence-corrected chi connectivity index (χ1v) is 10.00. The molecule has 0 aromatic carbocycles. The van der Waals surface area contributed by atoms with E-state index in [9.17, 15) is 15.0 Å². The second-order valence-electron chi connectivity index (χ2n) is 8.28. The number of hydrogen-bond acceptors (Lipinski definition) is 4. The number of rotatable bonds is 5. The molecule has 1 saturated heterocycles. The monoisotopic (exact) mass is 338 g/mol. The molecule has 3 N–H and O–H groups in total. The normalized spacial score (nSPS) is 36.1. The summed E-state index contributed by atoms with van der Waals surface area (Å²) in [5.74, 6) is 0.556. The van der Waals surface area contributed by atoms with Gasteiger partial charge in [-0.25, -0.2) is 0 Å². The smallest absolute Gasteiger partial charge is 0.255 e. The molecular weight excluding hydrogens is 304 g/mol. The van der Waals surface area contributed by atoms with Crippen LogP contribution in [0.25, 0.3) is 0 Å². The number of aliphatic hydroxyl groups is 2. The minimum atomic E-state index is -1.23. The molecule has 0 radical (unpaired) electrons. The average molecular weight is 338 g/mol. The molecule has 0 aromatic heterocycles. The van der Waals surface area contributed by atoms with Crippen molar-refractivity contribution in [2.75, 3.05) is 19.6 Å². The summed E-state index contributed by atoms with van der Waals surface area (Å²) in [7, 11) is 0. The fraction of sp³-hybridized carbons (Fsp3) is 0.947. The van der Waals surface area contributed by atoms with Gasteiger partial charge in [-0.05, 0) is 57.3 Å². The predicted molar refractivity (Wildman–Crippen MR) is 93.6 cm³/mol. The van der Waals surface area contributed by atoms with Crippen LogP contribution < -0.4 is 5.32 Å². The van der Waals surface area contributed by atoms with Crippen LogP contribution in [0.15, 0.2) is 0 Å². The van der Waals surface area contributed by atoms with Crippen molar-refractivity contribution in [3.05, 3.63) is 0 Å². The first kappa shape index (κ1) is 18.2. The third kappa shape index (κ3) is 4.50. The quantitative estimate of drug-likeness (QED) is 0.715. The highest BCUT2D eigenvalue weighted by atomic mass is 16.3. The number of carbonyl (C=O) groups excluding carboxylic acids is 1. The summed E-state index contributed by atoms with van der Waals surface area (Å²) in [4.78, 5) is 14.8. The Morgan fingerprint density at radius 1 is 1.04 bits per heavy atom. The molecule has 5 nitrogen and oxygen atoms in total. The number of nitrogens with one attached hydrogen (secondary N) is 1. The molecule has 0 unspecified atom stereocenters. The van der Waals surface area contributed by atoms with E-state index in [0.717, 1.165) is 45.2 Å². The summed E-state index contributed by atoms with van der Waals surface area (Å²) in [5.41, 5.74) is -1.23. The molecule has 1 aliphatic heterocycles. The molecule has 3 aliphatic rings. The van der Waals surface area contributed by atoms with E-state index in [-0.39, 0.29) is 12.0 Å². The molecule has 24 heavy (non-hydrogen) atoms. The highest BCUT2D eigenvalue weighted by molar-refractivity contribution is 5.86. The first-order chi connectivity index (χ1) is 11.6. The van der Waals surface area contributed by atoms with E-state index in [0.29, 0.717) is 24.9 Å². The van der Waals surface area contributed by atoms with Crippen molar-refractivity contribution in [1.82, 2.24) is 10.2 Å². The maximum absolute atomic E-state index is 12.8. The molecule has 2 saturated carbocycles. The van der Waals surface area contributed by atoms with Gasteiger partial charge in [-0.2, -0.15) is 0 Å². The average Bonchev–Trinajstić information content (AvgIpc) is 2.60. The van der Waals surface area contributed by atoms with Gasteiger partial charge in [0, 0.05) is 25.7 Å². The third-order valence-electron chi connectivity index (χ3n) is 6.29. The number of aliphatic hydroxyl groups excluding tert-OH is 1. The Hall–Kier alpha value is -0.650. The summed E-state index contributed by atoms with van der Waals surface area (Å²) >= 11 is 0. The van der Waals surface area contributed by atoms with Gasteiger partial charge in [-0.15, -0.1) is 0 Å². The number of amides is 1. The van der Waals surface area contributed by atoms with Gasteiger partial charge in [0.2, 0.25) is 0 Å². The van der Waals surface area contributed by atoms with Gasteiger partial charge in [0.1, 0.15) is 0 Å². The van der Waals surface area contributed by atoms with Gasteiger partial charge in [0.05, 0.1) is 6.10 Å². The van der Waals surface area contributed by atoms with E-state index in [1.165, 1.54) is 32.1 Å². The van der Waals surface area contributed by atoms with Crippen LogP contribution in [-0.2, 0) is 4.79 Å². The van der Waals surface area contributed by atoms with Gasteiger partial charge in [-0.3, -0.25) is 4.79 Å². The Kier molecular flexibility index (Phi) is 6.17. The summed E-state index contributed by atoms with van der Waals surface area (Å²) in [6.07, 6.45) is 11.1. The fourth-order valence-corrected chi connectivity index (χ4v) is 4.68. The second kappa shape index (κ2) is 8.15. The van der Waals surface area contributed by atoms with Crippen LogP contribution in [0.4, 0.5) is 0 Å². The van der Waals surface area contributed by atoms with Gasteiger partial charge in [0.15, 0.2) is 5.60 Å². The number of carbonyl (C=O) groups is 1. The predicted octanol–water partition coefficient (Wildman–Crippen LogP) is 1.81. The molecule has 138 valence electrons. The first-order valence-electron chi connectivity index (χ1n) is 10.00. The summed E-state index contributed by atoms with van der Waals surface area (Å²) in [6, 6.07) is 0.318. The zero-order valence-electron chi connectivity index (χ0n) is 14.9. The SMILES string of the molecule is O=C1N(CC2CCCCC2)CCC[C@@]1(O)CNC1CCC(O)CC1. The minimum absolute atomic E-state index is 0.0670. The molecule has 5 heteroatoms. The lowest BCUT2D eigenvalue weighted by Crippen LogP contribution is -2.59. The van der Waals surface area contributed by atoms with Crippen molar-refractivity contribution < 1.29 is 15.0 Å². The van der Waals surface area contributed by atoms with E-state index in [1.807, 2.05) is 4.90 Å². The lowest BCUT2D eigenvalue weighted by molar-refractivity contribution is -0.157. The van der Waals surface area contributed by atoms with Gasteiger partial charge < -0.3 is 20.4 Å². The molecule has 1 atom stereocenters.